The van der Waals surface area contributed by atoms with Crippen molar-refractivity contribution in [2.45, 2.75) is 51.5 Å². The molecular weight excluding hydrogens is 464 g/mol. The SMILES string of the molecule is Cc1ccc(-c2ccc(-c3c(C4CCCCC4)c4ccccc4n3CC(=O)N3CCOCC3)cc2)s1. The molecule has 186 valence electrons. The highest BCUT2D eigenvalue weighted by Gasteiger charge is 2.28. The lowest BCUT2D eigenvalue weighted by molar-refractivity contribution is -0.135. The lowest BCUT2D eigenvalue weighted by Gasteiger charge is -2.28. The van der Waals surface area contributed by atoms with Crippen LogP contribution in [0.25, 0.3) is 32.6 Å². The number of hydrogen-bond donors (Lipinski definition) is 0. The van der Waals surface area contributed by atoms with E-state index in [0.29, 0.717) is 38.8 Å². The Labute approximate surface area is 217 Å². The number of amides is 1. The van der Waals surface area contributed by atoms with Crippen LogP contribution in [0, 0.1) is 6.92 Å². The predicted octanol–water partition coefficient (Wildman–Crippen LogP) is 7.25. The summed E-state index contributed by atoms with van der Waals surface area (Å²) in [6, 6.07) is 22.1. The molecule has 5 heteroatoms. The molecule has 1 saturated carbocycles. The Morgan fingerprint density at radius 3 is 2.36 bits per heavy atom. The van der Waals surface area contributed by atoms with Crippen molar-refractivity contribution in [3.63, 3.8) is 0 Å². The summed E-state index contributed by atoms with van der Waals surface area (Å²) < 4.78 is 7.80. The summed E-state index contributed by atoms with van der Waals surface area (Å²) in [5.41, 5.74) is 6.31. The van der Waals surface area contributed by atoms with Crippen molar-refractivity contribution in [3.8, 4) is 21.7 Å². The zero-order chi connectivity index (χ0) is 24.5. The Morgan fingerprint density at radius 1 is 0.917 bits per heavy atom. The molecule has 0 spiro atoms. The van der Waals surface area contributed by atoms with Gasteiger partial charge in [-0.2, -0.15) is 0 Å². The Hall–Kier alpha value is -2.89. The van der Waals surface area contributed by atoms with Crippen LogP contribution in [0.5, 0.6) is 0 Å². The summed E-state index contributed by atoms with van der Waals surface area (Å²) in [4.78, 5) is 18.1. The Kier molecular flexibility index (Phi) is 6.68. The van der Waals surface area contributed by atoms with Crippen LogP contribution in [0.4, 0.5) is 0 Å². The maximum atomic E-state index is 13.5. The van der Waals surface area contributed by atoms with E-state index >= 15 is 0 Å². The monoisotopic (exact) mass is 498 g/mol. The Morgan fingerprint density at radius 2 is 1.64 bits per heavy atom. The van der Waals surface area contributed by atoms with Crippen LogP contribution < -0.4 is 0 Å². The zero-order valence-electron chi connectivity index (χ0n) is 21.0. The van der Waals surface area contributed by atoms with Gasteiger partial charge in [0.05, 0.1) is 18.9 Å². The number of hydrogen-bond acceptors (Lipinski definition) is 3. The van der Waals surface area contributed by atoms with Gasteiger partial charge >= 0.3 is 0 Å². The molecule has 36 heavy (non-hydrogen) atoms. The molecule has 4 aromatic rings. The molecule has 1 amide bonds. The summed E-state index contributed by atoms with van der Waals surface area (Å²) in [5, 5.41) is 1.31. The third kappa shape index (κ3) is 4.51. The summed E-state index contributed by atoms with van der Waals surface area (Å²) in [6.07, 6.45) is 6.35. The van der Waals surface area contributed by atoms with Crippen molar-refractivity contribution >= 4 is 28.1 Å². The fourth-order valence-electron chi connectivity index (χ4n) is 6.04. The van der Waals surface area contributed by atoms with Crippen molar-refractivity contribution < 1.29 is 9.53 Å². The molecule has 1 aliphatic heterocycles. The van der Waals surface area contributed by atoms with E-state index < -0.39 is 0 Å². The number of benzene rings is 2. The maximum absolute atomic E-state index is 13.5. The molecule has 0 bridgehead atoms. The number of carbonyl (C=O) groups is 1. The topological polar surface area (TPSA) is 34.5 Å². The summed E-state index contributed by atoms with van der Waals surface area (Å²) in [7, 11) is 0. The van der Waals surface area contributed by atoms with E-state index in [0.717, 1.165) is 0 Å². The van der Waals surface area contributed by atoms with Gasteiger partial charge in [-0.1, -0.05) is 61.7 Å². The summed E-state index contributed by atoms with van der Waals surface area (Å²) >= 11 is 1.83. The molecule has 2 aliphatic rings. The molecule has 1 aliphatic carbocycles. The van der Waals surface area contributed by atoms with Gasteiger partial charge in [0.1, 0.15) is 6.54 Å². The molecular formula is C31H34N2O2S. The van der Waals surface area contributed by atoms with Gasteiger partial charge in [-0.3, -0.25) is 4.79 Å². The largest absolute Gasteiger partial charge is 0.378 e. The third-order valence-corrected chi connectivity index (χ3v) is 8.91. The highest BCUT2D eigenvalue weighted by Crippen LogP contribution is 2.44. The van der Waals surface area contributed by atoms with Crippen LogP contribution in [0.15, 0.2) is 60.7 Å². The number of nitrogens with zero attached hydrogens (tertiary/aromatic N) is 2. The second-order valence-electron chi connectivity index (χ2n) is 10.2. The minimum absolute atomic E-state index is 0.182. The van der Waals surface area contributed by atoms with E-state index in [1.165, 1.54) is 75.1 Å². The highest BCUT2D eigenvalue weighted by atomic mass is 32.1. The molecule has 4 nitrogen and oxygen atoms in total. The van der Waals surface area contributed by atoms with Crippen molar-refractivity contribution in [2.75, 3.05) is 26.3 Å². The molecule has 3 heterocycles. The molecule has 0 atom stereocenters. The smallest absolute Gasteiger partial charge is 0.242 e. The number of thiophene rings is 1. The van der Waals surface area contributed by atoms with E-state index in [2.05, 4.69) is 72.2 Å². The standard InChI is InChI=1S/C31H34N2O2S/c1-22-11-16-28(36-22)23-12-14-25(15-13-23)31-30(24-7-3-2-4-8-24)26-9-5-6-10-27(26)33(31)21-29(34)32-17-19-35-20-18-32/h5-6,9-16,24H,2-4,7-8,17-21H2,1H3. The lowest BCUT2D eigenvalue weighted by atomic mass is 9.82. The van der Waals surface area contributed by atoms with E-state index in [1.807, 2.05) is 16.2 Å². The van der Waals surface area contributed by atoms with E-state index in [9.17, 15) is 4.79 Å². The first-order valence-corrected chi connectivity index (χ1v) is 14.1. The average molecular weight is 499 g/mol. The molecule has 1 saturated heterocycles. The number of carbonyl (C=O) groups excluding carboxylic acids is 1. The number of aromatic nitrogens is 1. The van der Waals surface area contributed by atoms with Crippen molar-refractivity contribution in [2.24, 2.45) is 0 Å². The Bertz CT molecular complexity index is 1360. The molecule has 2 aromatic carbocycles. The van der Waals surface area contributed by atoms with Gasteiger partial charge < -0.3 is 14.2 Å². The normalized spacial score (nSPS) is 17.1. The van der Waals surface area contributed by atoms with Crippen LogP contribution in [-0.4, -0.2) is 41.7 Å². The minimum atomic E-state index is 0.182. The van der Waals surface area contributed by atoms with Crippen LogP contribution >= 0.6 is 11.3 Å². The number of morpholine rings is 1. The van der Waals surface area contributed by atoms with E-state index in [1.54, 1.807) is 0 Å². The Balaban J connectivity index is 1.47. The second-order valence-corrected chi connectivity index (χ2v) is 11.5. The minimum Gasteiger partial charge on any atom is -0.378 e. The molecule has 2 aromatic heterocycles. The second kappa shape index (κ2) is 10.2. The van der Waals surface area contributed by atoms with Gasteiger partial charge in [-0.15, -0.1) is 11.3 Å². The number of para-hydroxylation sites is 1. The molecule has 6 rings (SSSR count). The predicted molar refractivity (Wildman–Crippen MR) is 149 cm³/mol. The highest BCUT2D eigenvalue weighted by molar-refractivity contribution is 7.15. The maximum Gasteiger partial charge on any atom is 0.242 e. The van der Waals surface area contributed by atoms with Gasteiger partial charge in [-0.25, -0.2) is 0 Å². The average Bonchev–Trinajstić information content (AvgIpc) is 3.51. The van der Waals surface area contributed by atoms with Gasteiger partial charge in [0.2, 0.25) is 5.91 Å². The number of rotatable bonds is 5. The van der Waals surface area contributed by atoms with Gasteiger partial charge in [0.25, 0.3) is 0 Å². The van der Waals surface area contributed by atoms with Crippen molar-refractivity contribution in [1.82, 2.24) is 9.47 Å². The molecule has 0 unspecified atom stereocenters. The first-order chi connectivity index (χ1) is 17.7. The van der Waals surface area contributed by atoms with Crippen molar-refractivity contribution in [1.29, 1.82) is 0 Å². The van der Waals surface area contributed by atoms with Gasteiger partial charge in [0, 0.05) is 33.7 Å². The van der Waals surface area contributed by atoms with Crippen molar-refractivity contribution in [3.05, 3.63) is 71.1 Å². The fourth-order valence-corrected chi connectivity index (χ4v) is 6.91. The summed E-state index contributed by atoms with van der Waals surface area (Å²) in [6.45, 7) is 5.14. The quantitative estimate of drug-likeness (QED) is 0.290. The zero-order valence-corrected chi connectivity index (χ0v) is 21.9. The summed E-state index contributed by atoms with van der Waals surface area (Å²) in [5.74, 6) is 0.721. The van der Waals surface area contributed by atoms with E-state index in [-0.39, 0.29) is 5.91 Å². The number of aryl methyl sites for hydroxylation is 1. The lowest BCUT2D eigenvalue weighted by Crippen LogP contribution is -2.42. The fraction of sp³-hybridized carbons (Fsp3) is 0.387. The van der Waals surface area contributed by atoms with Crippen LogP contribution in [-0.2, 0) is 16.1 Å². The first kappa shape index (κ1) is 23.5. The van der Waals surface area contributed by atoms with Gasteiger partial charge in [-0.05, 0) is 60.6 Å². The van der Waals surface area contributed by atoms with Crippen LogP contribution in [0.2, 0.25) is 0 Å². The third-order valence-electron chi connectivity index (χ3n) is 7.86. The van der Waals surface area contributed by atoms with Crippen LogP contribution in [0.3, 0.4) is 0 Å². The molecule has 2 fully saturated rings. The number of ether oxygens (including phenoxy) is 1. The van der Waals surface area contributed by atoms with Crippen LogP contribution in [0.1, 0.15) is 48.5 Å². The first-order valence-electron chi connectivity index (χ1n) is 13.3. The molecule has 0 radical (unpaired) electrons. The number of fused-ring (bicyclic) bond motifs is 1. The molecule has 0 N–H and O–H groups in total. The van der Waals surface area contributed by atoms with E-state index in [4.69, 9.17) is 4.74 Å². The van der Waals surface area contributed by atoms with Gasteiger partial charge in [0.15, 0.2) is 0 Å².